The molecule has 1 N–H and O–H groups in total. The molecule has 0 aromatic rings. The van der Waals surface area contributed by atoms with Gasteiger partial charge in [-0.15, -0.1) is 0 Å². The van der Waals surface area contributed by atoms with Gasteiger partial charge >= 0.3 is 5.97 Å². The molecule has 0 saturated heterocycles. The van der Waals surface area contributed by atoms with Crippen LogP contribution in [-0.2, 0) is 9.53 Å². The molecule has 0 aromatic heterocycles. The van der Waals surface area contributed by atoms with E-state index in [1.807, 2.05) is 0 Å². The lowest BCUT2D eigenvalue weighted by molar-refractivity contribution is -0.145. The molecule has 0 aliphatic carbocycles. The molecule has 50 valence electrons. The number of carbonyl (C=O) groups excluding carboxylic acids is 1. The van der Waals surface area contributed by atoms with Crippen LogP contribution in [0, 0.1) is 0 Å². The summed E-state index contributed by atoms with van der Waals surface area (Å²) in [4.78, 5) is 10.4. The Bertz CT molecular complexity index is 139. The SMILES string of the molecule is O=C1C=CCC(CO)O1. The van der Waals surface area contributed by atoms with Gasteiger partial charge in [-0.05, 0) is 0 Å². The van der Waals surface area contributed by atoms with Gasteiger partial charge in [-0.3, -0.25) is 0 Å². The van der Waals surface area contributed by atoms with E-state index < -0.39 is 0 Å². The number of carbonyl (C=O) groups is 1. The van der Waals surface area contributed by atoms with E-state index in [9.17, 15) is 4.79 Å². The maximum Gasteiger partial charge on any atom is 0.330 e. The van der Waals surface area contributed by atoms with Crippen molar-refractivity contribution in [1.29, 1.82) is 0 Å². The summed E-state index contributed by atoms with van der Waals surface area (Å²) in [5, 5.41) is 8.50. The van der Waals surface area contributed by atoms with Crippen LogP contribution in [0.2, 0.25) is 0 Å². The summed E-state index contributed by atoms with van der Waals surface area (Å²) < 4.78 is 4.66. The predicted octanol–water partition coefficient (Wildman–Crippen LogP) is -0.150. The number of aliphatic hydroxyl groups is 1. The molecule has 1 unspecified atom stereocenters. The largest absolute Gasteiger partial charge is 0.456 e. The normalized spacial score (nSPS) is 25.9. The molecule has 3 nitrogen and oxygen atoms in total. The molecule has 1 heterocycles. The highest BCUT2D eigenvalue weighted by atomic mass is 16.6. The first kappa shape index (κ1) is 6.29. The van der Waals surface area contributed by atoms with Crippen molar-refractivity contribution in [2.45, 2.75) is 12.5 Å². The maximum atomic E-state index is 10.4. The Hall–Kier alpha value is -0.830. The van der Waals surface area contributed by atoms with Gasteiger partial charge in [-0.25, -0.2) is 4.79 Å². The van der Waals surface area contributed by atoms with E-state index in [2.05, 4.69) is 4.74 Å². The van der Waals surface area contributed by atoms with Gasteiger partial charge in [0.2, 0.25) is 0 Å². The Kier molecular flexibility index (Phi) is 1.85. The third kappa shape index (κ3) is 1.54. The average Bonchev–Trinajstić information content (AvgIpc) is 1.88. The fraction of sp³-hybridized carbons (Fsp3) is 0.500. The van der Waals surface area contributed by atoms with E-state index in [0.717, 1.165) is 0 Å². The van der Waals surface area contributed by atoms with Crippen molar-refractivity contribution in [3.8, 4) is 0 Å². The molecular formula is C6H8O3. The molecule has 0 fully saturated rings. The summed E-state index contributed by atoms with van der Waals surface area (Å²) in [6, 6.07) is 0. The fourth-order valence-electron chi connectivity index (χ4n) is 0.680. The van der Waals surface area contributed by atoms with E-state index in [4.69, 9.17) is 5.11 Å². The van der Waals surface area contributed by atoms with Crippen LogP contribution in [0.25, 0.3) is 0 Å². The van der Waals surface area contributed by atoms with E-state index in [1.165, 1.54) is 6.08 Å². The summed E-state index contributed by atoms with van der Waals surface area (Å²) in [6.07, 6.45) is 3.38. The molecule has 0 aromatic carbocycles. The third-order valence-electron chi connectivity index (χ3n) is 1.14. The molecule has 0 radical (unpaired) electrons. The highest BCUT2D eigenvalue weighted by molar-refractivity contribution is 5.82. The van der Waals surface area contributed by atoms with Crippen molar-refractivity contribution in [3.63, 3.8) is 0 Å². The molecule has 1 aliphatic rings. The molecule has 9 heavy (non-hydrogen) atoms. The topological polar surface area (TPSA) is 46.5 Å². The number of esters is 1. The predicted molar refractivity (Wildman–Crippen MR) is 30.7 cm³/mol. The van der Waals surface area contributed by atoms with Gasteiger partial charge in [0.1, 0.15) is 6.10 Å². The van der Waals surface area contributed by atoms with Crippen molar-refractivity contribution in [2.24, 2.45) is 0 Å². The van der Waals surface area contributed by atoms with Gasteiger partial charge in [-0.2, -0.15) is 0 Å². The van der Waals surface area contributed by atoms with Crippen LogP contribution in [0.3, 0.4) is 0 Å². The van der Waals surface area contributed by atoms with Crippen LogP contribution in [0.15, 0.2) is 12.2 Å². The number of ether oxygens (including phenoxy) is 1. The highest BCUT2D eigenvalue weighted by Gasteiger charge is 2.13. The van der Waals surface area contributed by atoms with Gasteiger partial charge in [0.15, 0.2) is 0 Å². The molecule has 1 aliphatic heterocycles. The summed E-state index contributed by atoms with van der Waals surface area (Å²) >= 11 is 0. The van der Waals surface area contributed by atoms with Crippen molar-refractivity contribution < 1.29 is 14.6 Å². The van der Waals surface area contributed by atoms with Crippen LogP contribution >= 0.6 is 0 Å². The second kappa shape index (κ2) is 2.64. The van der Waals surface area contributed by atoms with E-state index in [1.54, 1.807) is 6.08 Å². The lowest BCUT2D eigenvalue weighted by atomic mass is 10.2. The molecule has 0 saturated carbocycles. The standard InChI is InChI=1S/C6H8O3/c7-4-5-2-1-3-6(8)9-5/h1,3,5,7H,2,4H2. The van der Waals surface area contributed by atoms with Crippen LogP contribution < -0.4 is 0 Å². The third-order valence-corrected chi connectivity index (χ3v) is 1.14. The number of hydrogen-bond donors (Lipinski definition) is 1. The highest BCUT2D eigenvalue weighted by Crippen LogP contribution is 2.05. The molecule has 0 amide bonds. The zero-order chi connectivity index (χ0) is 6.69. The molecule has 3 heteroatoms. The van der Waals surface area contributed by atoms with Gasteiger partial charge in [0, 0.05) is 12.5 Å². The summed E-state index contributed by atoms with van der Waals surface area (Å²) in [6.45, 7) is -0.0872. The lowest BCUT2D eigenvalue weighted by Crippen LogP contribution is -2.23. The maximum absolute atomic E-state index is 10.4. The molecular weight excluding hydrogens is 120 g/mol. The molecule has 1 rings (SSSR count). The summed E-state index contributed by atoms with van der Waals surface area (Å²) in [5.41, 5.74) is 0. The number of rotatable bonds is 1. The van der Waals surface area contributed by atoms with E-state index in [-0.39, 0.29) is 18.7 Å². The van der Waals surface area contributed by atoms with E-state index >= 15 is 0 Å². The Morgan fingerprint density at radius 2 is 2.67 bits per heavy atom. The van der Waals surface area contributed by atoms with Crippen LogP contribution in [-0.4, -0.2) is 23.8 Å². The smallest absolute Gasteiger partial charge is 0.330 e. The quantitative estimate of drug-likeness (QED) is 0.499. The number of hydrogen-bond acceptors (Lipinski definition) is 3. The van der Waals surface area contributed by atoms with Gasteiger partial charge < -0.3 is 9.84 Å². The van der Waals surface area contributed by atoms with E-state index in [0.29, 0.717) is 6.42 Å². The Morgan fingerprint density at radius 1 is 1.89 bits per heavy atom. The van der Waals surface area contributed by atoms with Gasteiger partial charge in [0.05, 0.1) is 6.61 Å². The first-order valence-electron chi connectivity index (χ1n) is 2.81. The minimum atomic E-state index is -0.361. The lowest BCUT2D eigenvalue weighted by Gasteiger charge is -2.14. The van der Waals surface area contributed by atoms with Crippen LogP contribution in [0.1, 0.15) is 6.42 Å². The fourth-order valence-corrected chi connectivity index (χ4v) is 0.680. The first-order chi connectivity index (χ1) is 4.33. The summed E-state index contributed by atoms with van der Waals surface area (Å²) in [5.74, 6) is -0.361. The first-order valence-corrected chi connectivity index (χ1v) is 2.81. The van der Waals surface area contributed by atoms with Crippen LogP contribution in [0.4, 0.5) is 0 Å². The second-order valence-electron chi connectivity index (χ2n) is 1.88. The van der Waals surface area contributed by atoms with Gasteiger partial charge in [0.25, 0.3) is 0 Å². The second-order valence-corrected chi connectivity index (χ2v) is 1.88. The van der Waals surface area contributed by atoms with Crippen molar-refractivity contribution in [1.82, 2.24) is 0 Å². The summed E-state index contributed by atoms with van der Waals surface area (Å²) in [7, 11) is 0. The Morgan fingerprint density at radius 3 is 3.11 bits per heavy atom. The van der Waals surface area contributed by atoms with Crippen LogP contribution in [0.5, 0.6) is 0 Å². The zero-order valence-electron chi connectivity index (χ0n) is 4.91. The monoisotopic (exact) mass is 128 g/mol. The molecule has 0 bridgehead atoms. The van der Waals surface area contributed by atoms with Crippen molar-refractivity contribution in [2.75, 3.05) is 6.61 Å². The van der Waals surface area contributed by atoms with Crippen molar-refractivity contribution in [3.05, 3.63) is 12.2 Å². The minimum absolute atomic E-state index is 0.0872. The Labute approximate surface area is 52.9 Å². The minimum Gasteiger partial charge on any atom is -0.456 e. The Balaban J connectivity index is 2.47. The molecule has 0 spiro atoms. The molecule has 1 atom stereocenters. The number of cyclic esters (lactones) is 1. The van der Waals surface area contributed by atoms with Crippen molar-refractivity contribution >= 4 is 5.97 Å². The average molecular weight is 128 g/mol. The zero-order valence-corrected chi connectivity index (χ0v) is 4.91. The van der Waals surface area contributed by atoms with Gasteiger partial charge in [-0.1, -0.05) is 6.08 Å². The number of aliphatic hydroxyl groups excluding tert-OH is 1.